The smallest absolute Gasteiger partial charge is 0.335 e. The van der Waals surface area contributed by atoms with E-state index < -0.39 is 29.2 Å². The third-order valence-corrected chi connectivity index (χ3v) is 17.6. The Labute approximate surface area is 205 Å². The molecule has 2 aliphatic heterocycles. The van der Waals surface area contributed by atoms with Crippen LogP contribution in [0.2, 0.25) is 22.2 Å². The third kappa shape index (κ3) is 4.50. The van der Waals surface area contributed by atoms with Crippen LogP contribution in [0.5, 0.6) is 0 Å². The Morgan fingerprint density at radius 2 is 1.59 bits per heavy atom. The van der Waals surface area contributed by atoms with Crippen molar-refractivity contribution in [1.29, 1.82) is 0 Å². The number of amides is 2. The molecule has 2 N–H and O–H groups in total. The van der Waals surface area contributed by atoms with Crippen molar-refractivity contribution >= 4 is 28.9 Å². The topological polar surface area (TPSA) is 122 Å². The van der Waals surface area contributed by atoms with E-state index in [9.17, 15) is 9.59 Å². The Bertz CT molecular complexity index is 890. The van der Waals surface area contributed by atoms with Gasteiger partial charge < -0.3 is 23.6 Å². The minimum absolute atomic E-state index is 0.0764. The highest BCUT2D eigenvalue weighted by molar-refractivity contribution is 6.84. The lowest BCUT2D eigenvalue weighted by atomic mass is 10.2. The summed E-state index contributed by atoms with van der Waals surface area (Å²) in [6.45, 7) is 19.3. The van der Waals surface area contributed by atoms with Crippen LogP contribution < -0.4 is 5.73 Å². The molecule has 2 amide bonds. The summed E-state index contributed by atoms with van der Waals surface area (Å²) >= 11 is 0. The molecule has 3 rings (SSSR count). The average Bonchev–Trinajstić information content (AvgIpc) is 3.32. The summed E-state index contributed by atoms with van der Waals surface area (Å²) in [4.78, 5) is 30.3. The Morgan fingerprint density at radius 1 is 1.03 bits per heavy atom. The number of hydrogen-bond acceptors (Lipinski definition) is 7. The van der Waals surface area contributed by atoms with E-state index in [0.29, 0.717) is 13.0 Å². The van der Waals surface area contributed by atoms with Crippen molar-refractivity contribution in [3.8, 4) is 0 Å². The molecule has 0 aromatic carbocycles. The van der Waals surface area contributed by atoms with Gasteiger partial charge in [0.1, 0.15) is 12.5 Å². The molecule has 0 radical (unpaired) electrons. The molecule has 0 bridgehead atoms. The summed E-state index contributed by atoms with van der Waals surface area (Å²) in [7, 11) is -5.51. The number of likely N-dealkylation sites (tertiary alicyclic amines) is 1. The van der Waals surface area contributed by atoms with Crippen LogP contribution >= 0.6 is 0 Å². The first-order valence-electron chi connectivity index (χ1n) is 12.3. The van der Waals surface area contributed by atoms with Gasteiger partial charge in [0.15, 0.2) is 0 Å². The highest BCUT2D eigenvalue weighted by Gasteiger charge is 2.61. The number of nitrogens with zero attached hydrogens (tertiary/aromatic N) is 4. The summed E-state index contributed by atoms with van der Waals surface area (Å²) in [6.07, 6.45) is 1.23. The second kappa shape index (κ2) is 9.80. The maximum atomic E-state index is 12.9. The van der Waals surface area contributed by atoms with E-state index in [1.807, 2.05) is 0 Å². The predicted molar refractivity (Wildman–Crippen MR) is 132 cm³/mol. The number of hydrogen-bond donors (Lipinski definition) is 1. The summed E-state index contributed by atoms with van der Waals surface area (Å²) in [5.41, 5.74) is 6.17. The van der Waals surface area contributed by atoms with Gasteiger partial charge in [0.25, 0.3) is 5.91 Å². The van der Waals surface area contributed by atoms with E-state index in [0.717, 1.165) is 0 Å². The van der Waals surface area contributed by atoms with Gasteiger partial charge in [-0.05, 0) is 22.2 Å². The van der Waals surface area contributed by atoms with E-state index >= 15 is 0 Å². The molecule has 0 saturated carbocycles. The number of carbonyl (C=O) groups excluding carboxylic acids is 2. The standard InChI is InChI=1S/C22H41N5O5Si2/c1-13(2)33(14(3)4)30-11-18-19(31-34(32-33,15(5)6)16(7)8)10-20(27(18)17(9)28)26-12-24-22(25-26)21(23)29/h12-16,18-20H,10-11H2,1-9H3,(H2,23,29)/t18-,19+,20-/m0/s1. The molecule has 3 heterocycles. The van der Waals surface area contributed by atoms with Crippen LogP contribution in [0.15, 0.2) is 6.33 Å². The van der Waals surface area contributed by atoms with Crippen LogP contribution in [-0.2, 0) is 17.8 Å². The Morgan fingerprint density at radius 3 is 2.03 bits per heavy atom. The van der Waals surface area contributed by atoms with Gasteiger partial charge in [-0.2, -0.15) is 0 Å². The number of nitrogens with two attached hydrogens (primary N) is 1. The van der Waals surface area contributed by atoms with Crippen molar-refractivity contribution in [3.63, 3.8) is 0 Å². The molecule has 3 atom stereocenters. The van der Waals surface area contributed by atoms with E-state index in [1.165, 1.54) is 6.33 Å². The van der Waals surface area contributed by atoms with Gasteiger partial charge in [-0.25, -0.2) is 9.67 Å². The van der Waals surface area contributed by atoms with E-state index in [2.05, 4.69) is 65.5 Å². The van der Waals surface area contributed by atoms with Gasteiger partial charge in [-0.15, -0.1) is 5.10 Å². The van der Waals surface area contributed by atoms with Gasteiger partial charge in [-0.1, -0.05) is 55.4 Å². The van der Waals surface area contributed by atoms with Crippen LogP contribution in [0.4, 0.5) is 0 Å². The zero-order valence-electron chi connectivity index (χ0n) is 21.9. The summed E-state index contributed by atoms with van der Waals surface area (Å²) in [5.74, 6) is -0.890. The minimum atomic E-state index is -2.80. The molecular weight excluding hydrogens is 470 g/mol. The second-order valence-electron chi connectivity index (χ2n) is 10.8. The number of aromatic nitrogens is 3. The average molecular weight is 512 g/mol. The van der Waals surface area contributed by atoms with Crippen molar-refractivity contribution in [2.75, 3.05) is 6.61 Å². The number of carbonyl (C=O) groups is 2. The molecular formula is C22H41N5O5Si2. The van der Waals surface area contributed by atoms with E-state index in [1.54, 1.807) is 16.5 Å². The van der Waals surface area contributed by atoms with Crippen molar-refractivity contribution < 1.29 is 22.6 Å². The molecule has 2 fully saturated rings. The fraction of sp³-hybridized carbons (Fsp3) is 0.818. The van der Waals surface area contributed by atoms with Crippen molar-refractivity contribution in [2.45, 2.75) is 109 Å². The van der Waals surface area contributed by atoms with Crippen LogP contribution in [0, 0.1) is 0 Å². The van der Waals surface area contributed by atoms with Crippen molar-refractivity contribution in [2.24, 2.45) is 5.73 Å². The summed E-state index contributed by atoms with van der Waals surface area (Å²) < 4.78 is 22.7. The van der Waals surface area contributed by atoms with Crippen LogP contribution in [-0.4, -0.2) is 67.4 Å². The Kier molecular flexibility index (Phi) is 7.78. The molecule has 34 heavy (non-hydrogen) atoms. The quantitative estimate of drug-likeness (QED) is 0.580. The summed E-state index contributed by atoms with van der Waals surface area (Å²) in [6, 6.07) is -0.290. The van der Waals surface area contributed by atoms with Crippen LogP contribution in [0.3, 0.4) is 0 Å². The Hall–Kier alpha value is -1.61. The molecule has 1 aromatic heterocycles. The molecule has 0 aliphatic carbocycles. The lowest BCUT2D eigenvalue weighted by Gasteiger charge is -2.51. The highest BCUT2D eigenvalue weighted by atomic mass is 28.5. The predicted octanol–water partition coefficient (Wildman–Crippen LogP) is 3.45. The van der Waals surface area contributed by atoms with Gasteiger partial charge in [0, 0.05) is 13.3 Å². The minimum Gasteiger partial charge on any atom is -0.414 e. The summed E-state index contributed by atoms with van der Waals surface area (Å²) in [5, 5.41) is 4.25. The monoisotopic (exact) mass is 511 g/mol. The third-order valence-electron chi connectivity index (χ3n) is 7.30. The number of fused-ring (bicyclic) bond motifs is 1. The maximum Gasteiger partial charge on any atom is 0.335 e. The van der Waals surface area contributed by atoms with E-state index in [4.69, 9.17) is 18.7 Å². The Balaban J connectivity index is 2.11. The molecule has 12 heteroatoms. The van der Waals surface area contributed by atoms with Crippen molar-refractivity contribution in [3.05, 3.63) is 12.2 Å². The number of primary amides is 1. The lowest BCUT2D eigenvalue weighted by molar-refractivity contribution is -0.135. The van der Waals surface area contributed by atoms with Crippen LogP contribution in [0.1, 0.15) is 85.5 Å². The van der Waals surface area contributed by atoms with Gasteiger partial charge in [0.05, 0.1) is 18.8 Å². The second-order valence-corrected chi connectivity index (χ2v) is 19.6. The molecule has 2 saturated heterocycles. The first-order chi connectivity index (χ1) is 15.8. The molecule has 0 spiro atoms. The van der Waals surface area contributed by atoms with Gasteiger partial charge in [-0.3, -0.25) is 9.59 Å². The fourth-order valence-corrected chi connectivity index (χ4v) is 16.8. The normalized spacial score (nSPS) is 26.7. The van der Waals surface area contributed by atoms with E-state index in [-0.39, 0.29) is 46.0 Å². The SMILES string of the molecule is CC(=O)N1[C@H](n2cnc(C(N)=O)n2)C[C@H]2O[Si](C(C)C)(C(C)C)O[Si](C(C)C)(C(C)C)OC[C@@H]21. The zero-order valence-corrected chi connectivity index (χ0v) is 23.9. The molecule has 10 nitrogen and oxygen atoms in total. The molecule has 1 aromatic rings. The van der Waals surface area contributed by atoms with Gasteiger partial charge in [0.2, 0.25) is 11.7 Å². The molecule has 2 aliphatic rings. The molecule has 192 valence electrons. The maximum absolute atomic E-state index is 12.9. The highest BCUT2D eigenvalue weighted by Crippen LogP contribution is 2.48. The molecule has 0 unspecified atom stereocenters. The largest absolute Gasteiger partial charge is 0.414 e. The first kappa shape index (κ1) is 27.0. The fourth-order valence-electron chi connectivity index (χ4n) is 5.57. The number of rotatable bonds is 6. The first-order valence-corrected chi connectivity index (χ1v) is 16.2. The van der Waals surface area contributed by atoms with Crippen molar-refractivity contribution in [1.82, 2.24) is 19.7 Å². The zero-order chi connectivity index (χ0) is 25.6. The van der Waals surface area contributed by atoms with Gasteiger partial charge >= 0.3 is 17.1 Å². The van der Waals surface area contributed by atoms with Crippen LogP contribution in [0.25, 0.3) is 0 Å². The lowest BCUT2D eigenvalue weighted by Crippen LogP contribution is -2.65.